The standard InChI is InChI=1S/C16H20F3NO2S/c1-12(8-13-6-4-3-5-7-13)9-20-10-14(16(17,18)19)15(11-20)23(2,21)22/h3-8,14-15H,9-11H2,1-2H3/b12-8+/t14-,15-/m0/s1. The average molecular weight is 347 g/mol. The van der Waals surface area contributed by atoms with Crippen LogP contribution in [0.25, 0.3) is 6.08 Å². The summed E-state index contributed by atoms with van der Waals surface area (Å²) in [7, 11) is -3.74. The van der Waals surface area contributed by atoms with Gasteiger partial charge in [0, 0.05) is 25.9 Å². The highest BCUT2D eigenvalue weighted by Gasteiger charge is 2.53. The molecule has 1 aromatic carbocycles. The summed E-state index contributed by atoms with van der Waals surface area (Å²) >= 11 is 0. The Balaban J connectivity index is 2.12. The fraction of sp³-hybridized carbons (Fsp3) is 0.500. The maximum Gasteiger partial charge on any atom is 0.394 e. The fourth-order valence-corrected chi connectivity index (χ4v) is 4.28. The summed E-state index contributed by atoms with van der Waals surface area (Å²) in [5.41, 5.74) is 1.86. The molecule has 0 N–H and O–H groups in total. The van der Waals surface area contributed by atoms with Crippen LogP contribution in [-0.4, -0.2) is 50.6 Å². The smallest absolute Gasteiger partial charge is 0.297 e. The lowest BCUT2D eigenvalue weighted by molar-refractivity contribution is -0.169. The van der Waals surface area contributed by atoms with Crippen LogP contribution >= 0.6 is 0 Å². The van der Waals surface area contributed by atoms with Crippen LogP contribution in [0.5, 0.6) is 0 Å². The fourth-order valence-electron chi connectivity index (χ4n) is 2.96. The molecule has 0 aromatic heterocycles. The third kappa shape index (κ3) is 4.81. The Labute approximate surface area is 134 Å². The Kier molecular flexibility index (Phi) is 5.20. The molecule has 7 heteroatoms. The van der Waals surface area contributed by atoms with Crippen molar-refractivity contribution >= 4 is 15.9 Å². The second kappa shape index (κ2) is 6.65. The summed E-state index contributed by atoms with van der Waals surface area (Å²) in [4.78, 5) is 1.57. The van der Waals surface area contributed by atoms with Crippen LogP contribution < -0.4 is 0 Å². The molecular formula is C16H20F3NO2S. The first-order chi connectivity index (χ1) is 10.6. The monoisotopic (exact) mass is 347 g/mol. The van der Waals surface area contributed by atoms with Gasteiger partial charge in [-0.05, 0) is 12.5 Å². The van der Waals surface area contributed by atoms with Gasteiger partial charge >= 0.3 is 6.18 Å². The topological polar surface area (TPSA) is 37.4 Å². The summed E-state index contributed by atoms with van der Waals surface area (Å²) in [5, 5.41) is -1.38. The summed E-state index contributed by atoms with van der Waals surface area (Å²) in [6, 6.07) is 9.47. The minimum absolute atomic E-state index is 0.0804. The van der Waals surface area contributed by atoms with Crippen molar-refractivity contribution in [3.05, 3.63) is 41.5 Å². The molecule has 2 atom stereocenters. The molecule has 1 fully saturated rings. The summed E-state index contributed by atoms with van der Waals surface area (Å²) < 4.78 is 62.6. The molecule has 1 aliphatic rings. The molecule has 0 bridgehead atoms. The van der Waals surface area contributed by atoms with Crippen LogP contribution in [0.15, 0.2) is 35.9 Å². The largest absolute Gasteiger partial charge is 0.394 e. The van der Waals surface area contributed by atoms with Crippen LogP contribution in [0.4, 0.5) is 13.2 Å². The number of likely N-dealkylation sites (tertiary alicyclic amines) is 1. The quantitative estimate of drug-likeness (QED) is 0.840. The number of sulfone groups is 1. The maximum atomic E-state index is 13.1. The van der Waals surface area contributed by atoms with E-state index in [4.69, 9.17) is 0 Å². The van der Waals surface area contributed by atoms with Gasteiger partial charge in [-0.25, -0.2) is 8.42 Å². The number of nitrogens with zero attached hydrogens (tertiary/aromatic N) is 1. The lowest BCUT2D eigenvalue weighted by Crippen LogP contribution is -2.37. The third-order valence-electron chi connectivity index (χ3n) is 4.00. The normalized spacial score (nSPS) is 24.1. The molecule has 0 saturated carbocycles. The van der Waals surface area contributed by atoms with E-state index in [0.717, 1.165) is 17.4 Å². The van der Waals surface area contributed by atoms with Gasteiger partial charge in [-0.15, -0.1) is 0 Å². The first-order valence-electron chi connectivity index (χ1n) is 7.27. The molecular weight excluding hydrogens is 327 g/mol. The van der Waals surface area contributed by atoms with Crippen LogP contribution in [-0.2, 0) is 9.84 Å². The molecule has 1 saturated heterocycles. The van der Waals surface area contributed by atoms with Gasteiger partial charge in [0.1, 0.15) is 0 Å². The molecule has 1 aliphatic heterocycles. The minimum Gasteiger partial charge on any atom is -0.297 e. The number of halogens is 3. The molecule has 1 aromatic rings. The lowest BCUT2D eigenvalue weighted by Gasteiger charge is -2.19. The van der Waals surface area contributed by atoms with Gasteiger partial charge in [0.05, 0.1) is 11.2 Å². The molecule has 3 nitrogen and oxygen atoms in total. The van der Waals surface area contributed by atoms with Crippen LogP contribution in [0.2, 0.25) is 0 Å². The molecule has 23 heavy (non-hydrogen) atoms. The van der Waals surface area contributed by atoms with E-state index < -0.39 is 27.2 Å². The molecule has 0 amide bonds. The number of hydrogen-bond acceptors (Lipinski definition) is 3. The maximum absolute atomic E-state index is 13.1. The summed E-state index contributed by atoms with van der Waals surface area (Å²) in [5.74, 6) is -1.82. The van der Waals surface area contributed by atoms with Gasteiger partial charge < -0.3 is 0 Å². The predicted octanol–water partition coefficient (Wildman–Crippen LogP) is 3.00. The number of hydrogen-bond donors (Lipinski definition) is 0. The van der Waals surface area contributed by atoms with E-state index in [2.05, 4.69) is 0 Å². The molecule has 0 radical (unpaired) electrons. The molecule has 0 unspecified atom stereocenters. The Bertz CT molecular complexity index is 668. The van der Waals surface area contributed by atoms with Gasteiger partial charge in [0.2, 0.25) is 0 Å². The minimum atomic E-state index is -4.50. The Morgan fingerprint density at radius 3 is 2.35 bits per heavy atom. The van der Waals surface area contributed by atoms with Gasteiger partial charge in [-0.1, -0.05) is 42.0 Å². The molecule has 1 heterocycles. The Hall–Kier alpha value is -1.34. The van der Waals surface area contributed by atoms with Crippen molar-refractivity contribution in [3.8, 4) is 0 Å². The lowest BCUT2D eigenvalue weighted by atomic mass is 10.1. The molecule has 0 spiro atoms. The van der Waals surface area contributed by atoms with Crippen molar-refractivity contribution in [1.29, 1.82) is 0 Å². The molecule has 2 rings (SSSR count). The van der Waals surface area contributed by atoms with E-state index >= 15 is 0 Å². The number of rotatable bonds is 4. The van der Waals surface area contributed by atoms with Crippen LogP contribution in [0, 0.1) is 5.92 Å². The van der Waals surface area contributed by atoms with Crippen molar-refractivity contribution in [1.82, 2.24) is 4.90 Å². The van der Waals surface area contributed by atoms with Crippen molar-refractivity contribution in [2.45, 2.75) is 18.3 Å². The van der Waals surface area contributed by atoms with Crippen molar-refractivity contribution in [2.75, 3.05) is 25.9 Å². The summed E-state index contributed by atoms with van der Waals surface area (Å²) in [6.07, 6.45) is -1.72. The zero-order chi connectivity index (χ0) is 17.3. The second-order valence-corrected chi connectivity index (χ2v) is 8.38. The summed E-state index contributed by atoms with van der Waals surface area (Å²) in [6.45, 7) is 1.81. The Morgan fingerprint density at radius 1 is 1.26 bits per heavy atom. The van der Waals surface area contributed by atoms with E-state index in [0.29, 0.717) is 6.54 Å². The number of alkyl halides is 3. The highest BCUT2D eigenvalue weighted by atomic mass is 32.2. The number of benzene rings is 1. The van der Waals surface area contributed by atoms with E-state index in [1.54, 1.807) is 4.90 Å². The van der Waals surface area contributed by atoms with Crippen LogP contribution in [0.1, 0.15) is 12.5 Å². The first-order valence-corrected chi connectivity index (χ1v) is 9.23. The van der Waals surface area contributed by atoms with Gasteiger partial charge in [0.15, 0.2) is 9.84 Å². The van der Waals surface area contributed by atoms with E-state index in [1.165, 1.54) is 0 Å². The Morgan fingerprint density at radius 2 is 1.87 bits per heavy atom. The SMILES string of the molecule is C/C(=C\c1ccccc1)CN1C[C@H](C(F)(F)F)[C@@H](S(C)(=O)=O)C1. The zero-order valence-corrected chi connectivity index (χ0v) is 13.9. The van der Waals surface area contributed by atoms with E-state index in [1.807, 2.05) is 43.3 Å². The van der Waals surface area contributed by atoms with Crippen molar-refractivity contribution < 1.29 is 21.6 Å². The van der Waals surface area contributed by atoms with E-state index in [-0.39, 0.29) is 13.1 Å². The van der Waals surface area contributed by atoms with Crippen molar-refractivity contribution in [2.24, 2.45) is 5.92 Å². The highest BCUT2D eigenvalue weighted by molar-refractivity contribution is 7.91. The molecule has 128 valence electrons. The van der Waals surface area contributed by atoms with Gasteiger partial charge in [-0.3, -0.25) is 4.90 Å². The highest BCUT2D eigenvalue weighted by Crippen LogP contribution is 2.37. The predicted molar refractivity (Wildman–Crippen MR) is 84.7 cm³/mol. The average Bonchev–Trinajstić information content (AvgIpc) is 2.83. The van der Waals surface area contributed by atoms with Crippen molar-refractivity contribution in [3.63, 3.8) is 0 Å². The first kappa shape index (κ1) is 18.0. The third-order valence-corrected chi connectivity index (χ3v) is 5.58. The van der Waals surface area contributed by atoms with Gasteiger partial charge in [0.25, 0.3) is 0 Å². The van der Waals surface area contributed by atoms with Crippen LogP contribution in [0.3, 0.4) is 0 Å². The van der Waals surface area contributed by atoms with Gasteiger partial charge in [-0.2, -0.15) is 13.2 Å². The second-order valence-electron chi connectivity index (χ2n) is 6.11. The molecule has 0 aliphatic carbocycles. The van der Waals surface area contributed by atoms with E-state index in [9.17, 15) is 21.6 Å². The zero-order valence-electron chi connectivity index (χ0n) is 13.0.